The normalized spacial score (nSPS) is 10.9. The number of carbonyl (C=O) groups is 1. The van der Waals surface area contributed by atoms with Crippen LogP contribution in [0.3, 0.4) is 0 Å². The fourth-order valence-electron chi connectivity index (χ4n) is 1.67. The van der Waals surface area contributed by atoms with Crippen molar-refractivity contribution in [1.29, 1.82) is 5.26 Å². The second kappa shape index (κ2) is 5.18. The van der Waals surface area contributed by atoms with Gasteiger partial charge in [0, 0.05) is 24.6 Å². The molecule has 0 aliphatic rings. The van der Waals surface area contributed by atoms with Gasteiger partial charge in [-0.15, -0.1) is 0 Å². The molecule has 1 aromatic carbocycles. The first kappa shape index (κ1) is 14.2. The molecule has 3 nitrogen and oxygen atoms in total. The molecule has 1 aromatic rings. The van der Waals surface area contributed by atoms with Gasteiger partial charge < -0.3 is 4.90 Å². The molecular formula is C14H17FN2O. The molecule has 0 radical (unpaired) electrons. The molecule has 0 aliphatic heterocycles. The molecule has 18 heavy (non-hydrogen) atoms. The molecule has 0 bridgehead atoms. The van der Waals surface area contributed by atoms with E-state index in [0.717, 1.165) is 0 Å². The van der Waals surface area contributed by atoms with Gasteiger partial charge in [-0.1, -0.05) is 20.8 Å². The second-order valence-corrected chi connectivity index (χ2v) is 5.33. The van der Waals surface area contributed by atoms with Crippen LogP contribution in [0.15, 0.2) is 18.2 Å². The number of hydrogen-bond acceptors (Lipinski definition) is 2. The van der Waals surface area contributed by atoms with Crippen LogP contribution in [0.2, 0.25) is 0 Å². The molecule has 0 saturated carbocycles. The zero-order chi connectivity index (χ0) is 13.9. The highest BCUT2D eigenvalue weighted by molar-refractivity contribution is 5.81. The summed E-state index contributed by atoms with van der Waals surface area (Å²) < 4.78 is 13.6. The Balaban J connectivity index is 2.92. The topological polar surface area (TPSA) is 44.1 Å². The average Bonchev–Trinajstić information content (AvgIpc) is 2.29. The Morgan fingerprint density at radius 3 is 2.56 bits per heavy atom. The Morgan fingerprint density at radius 1 is 1.44 bits per heavy atom. The van der Waals surface area contributed by atoms with E-state index in [2.05, 4.69) is 0 Å². The van der Waals surface area contributed by atoms with Crippen molar-refractivity contribution in [1.82, 2.24) is 4.90 Å². The van der Waals surface area contributed by atoms with Crippen molar-refractivity contribution >= 4 is 5.91 Å². The van der Waals surface area contributed by atoms with Crippen LogP contribution < -0.4 is 0 Å². The lowest BCUT2D eigenvalue weighted by Gasteiger charge is -2.26. The van der Waals surface area contributed by atoms with E-state index in [1.807, 2.05) is 26.8 Å². The minimum atomic E-state index is -0.502. The smallest absolute Gasteiger partial charge is 0.227 e. The quantitative estimate of drug-likeness (QED) is 0.807. The van der Waals surface area contributed by atoms with Crippen molar-refractivity contribution in [3.63, 3.8) is 0 Å². The van der Waals surface area contributed by atoms with Crippen LogP contribution in [0.5, 0.6) is 0 Å². The number of rotatable bonds is 2. The van der Waals surface area contributed by atoms with Gasteiger partial charge in [-0.2, -0.15) is 5.26 Å². The van der Waals surface area contributed by atoms with Crippen LogP contribution in [0.4, 0.5) is 4.39 Å². The highest BCUT2D eigenvalue weighted by atomic mass is 19.1. The van der Waals surface area contributed by atoms with Gasteiger partial charge in [0.2, 0.25) is 5.91 Å². The minimum Gasteiger partial charge on any atom is -0.341 e. The van der Waals surface area contributed by atoms with Gasteiger partial charge in [-0.25, -0.2) is 4.39 Å². The van der Waals surface area contributed by atoms with Crippen molar-refractivity contribution in [3.05, 3.63) is 35.1 Å². The molecule has 0 N–H and O–H groups in total. The molecule has 0 atom stereocenters. The Bertz CT molecular complexity index is 497. The third kappa shape index (κ3) is 3.30. The fourth-order valence-corrected chi connectivity index (χ4v) is 1.67. The van der Waals surface area contributed by atoms with Gasteiger partial charge in [0.15, 0.2) is 0 Å². The standard InChI is InChI=1S/C14H17FN2O/c1-14(2,3)13(18)17(4)9-11-7-10(8-16)5-6-12(11)15/h5-7H,9H2,1-4H3. The van der Waals surface area contributed by atoms with Gasteiger partial charge in [-0.05, 0) is 18.2 Å². The molecule has 0 heterocycles. The van der Waals surface area contributed by atoms with Gasteiger partial charge in [0.05, 0.1) is 11.6 Å². The number of nitrogens with zero attached hydrogens (tertiary/aromatic N) is 2. The van der Waals surface area contributed by atoms with E-state index >= 15 is 0 Å². The predicted octanol–water partition coefficient (Wildman–Crippen LogP) is 2.70. The van der Waals surface area contributed by atoms with Crippen molar-refractivity contribution in [2.45, 2.75) is 27.3 Å². The Hall–Kier alpha value is -1.89. The number of hydrogen-bond donors (Lipinski definition) is 0. The molecule has 0 saturated heterocycles. The van der Waals surface area contributed by atoms with E-state index in [-0.39, 0.29) is 12.5 Å². The number of benzene rings is 1. The van der Waals surface area contributed by atoms with Gasteiger partial charge in [0.25, 0.3) is 0 Å². The van der Waals surface area contributed by atoms with Crippen LogP contribution in [-0.4, -0.2) is 17.9 Å². The summed E-state index contributed by atoms with van der Waals surface area (Å²) >= 11 is 0. The first-order valence-corrected chi connectivity index (χ1v) is 5.70. The molecule has 4 heteroatoms. The maximum atomic E-state index is 13.6. The molecule has 0 spiro atoms. The summed E-state index contributed by atoms with van der Waals surface area (Å²) in [5.41, 5.74) is 0.245. The molecular weight excluding hydrogens is 231 g/mol. The van der Waals surface area contributed by atoms with E-state index in [4.69, 9.17) is 5.26 Å². The molecule has 1 amide bonds. The third-order valence-corrected chi connectivity index (χ3v) is 2.57. The number of carbonyl (C=O) groups excluding carboxylic acids is 1. The summed E-state index contributed by atoms with van der Waals surface area (Å²) in [6.07, 6.45) is 0. The minimum absolute atomic E-state index is 0.0655. The van der Waals surface area contributed by atoms with Crippen molar-refractivity contribution in [2.75, 3.05) is 7.05 Å². The molecule has 0 aliphatic carbocycles. The third-order valence-electron chi connectivity index (χ3n) is 2.57. The van der Waals surface area contributed by atoms with Gasteiger partial charge in [-0.3, -0.25) is 4.79 Å². The lowest BCUT2D eigenvalue weighted by molar-refractivity contribution is -0.138. The van der Waals surface area contributed by atoms with Crippen LogP contribution in [0.25, 0.3) is 0 Å². The van der Waals surface area contributed by atoms with Crippen LogP contribution in [0, 0.1) is 22.6 Å². The largest absolute Gasteiger partial charge is 0.341 e. The van der Waals surface area contributed by atoms with Crippen LogP contribution in [0.1, 0.15) is 31.9 Å². The number of nitriles is 1. The Labute approximate surface area is 107 Å². The van der Waals surface area contributed by atoms with E-state index in [1.165, 1.54) is 23.1 Å². The first-order chi connectivity index (χ1) is 8.25. The Morgan fingerprint density at radius 2 is 2.06 bits per heavy atom. The maximum Gasteiger partial charge on any atom is 0.227 e. The summed E-state index contributed by atoms with van der Waals surface area (Å²) in [6.45, 7) is 5.60. The SMILES string of the molecule is CN(Cc1cc(C#N)ccc1F)C(=O)C(C)(C)C. The summed E-state index contributed by atoms with van der Waals surface area (Å²) in [4.78, 5) is 13.4. The number of amides is 1. The van der Waals surface area contributed by atoms with Gasteiger partial charge in [0.1, 0.15) is 5.82 Å². The zero-order valence-electron chi connectivity index (χ0n) is 11.1. The highest BCUT2D eigenvalue weighted by Gasteiger charge is 2.25. The summed E-state index contributed by atoms with van der Waals surface area (Å²) in [6, 6.07) is 6.11. The van der Waals surface area contributed by atoms with E-state index in [0.29, 0.717) is 11.1 Å². The lowest BCUT2D eigenvalue weighted by Crippen LogP contribution is -2.36. The van der Waals surface area contributed by atoms with Gasteiger partial charge >= 0.3 is 0 Å². The summed E-state index contributed by atoms with van der Waals surface area (Å²) in [5, 5.41) is 8.77. The van der Waals surface area contributed by atoms with Crippen LogP contribution in [-0.2, 0) is 11.3 Å². The first-order valence-electron chi connectivity index (χ1n) is 5.70. The maximum absolute atomic E-state index is 13.6. The zero-order valence-corrected chi connectivity index (χ0v) is 11.1. The number of halogens is 1. The molecule has 0 unspecified atom stereocenters. The fraction of sp³-hybridized carbons (Fsp3) is 0.429. The average molecular weight is 248 g/mol. The van der Waals surface area contributed by atoms with Crippen molar-refractivity contribution in [2.24, 2.45) is 5.41 Å². The lowest BCUT2D eigenvalue weighted by atomic mass is 9.94. The Kier molecular flexibility index (Phi) is 4.07. The summed E-state index contributed by atoms with van der Waals surface area (Å²) in [7, 11) is 1.63. The van der Waals surface area contributed by atoms with E-state index in [9.17, 15) is 9.18 Å². The van der Waals surface area contributed by atoms with Crippen molar-refractivity contribution in [3.8, 4) is 6.07 Å². The monoisotopic (exact) mass is 248 g/mol. The predicted molar refractivity (Wildman–Crippen MR) is 67.0 cm³/mol. The van der Waals surface area contributed by atoms with E-state index < -0.39 is 11.2 Å². The van der Waals surface area contributed by atoms with Crippen molar-refractivity contribution < 1.29 is 9.18 Å². The van der Waals surface area contributed by atoms with E-state index in [1.54, 1.807) is 7.05 Å². The highest BCUT2D eigenvalue weighted by Crippen LogP contribution is 2.19. The summed E-state index contributed by atoms with van der Waals surface area (Å²) in [5.74, 6) is -0.466. The molecule has 96 valence electrons. The molecule has 0 aromatic heterocycles. The molecule has 0 fully saturated rings. The van der Waals surface area contributed by atoms with Crippen LogP contribution >= 0.6 is 0 Å². The second-order valence-electron chi connectivity index (χ2n) is 5.33. The molecule has 1 rings (SSSR count).